The monoisotopic (exact) mass is 487 g/mol. The van der Waals surface area contributed by atoms with E-state index in [1.165, 1.54) is 0 Å². The van der Waals surface area contributed by atoms with Crippen LogP contribution in [0.15, 0.2) is 65.3 Å². The Bertz CT molecular complexity index is 1340. The summed E-state index contributed by atoms with van der Waals surface area (Å²) < 4.78 is 18.1. The standard InChI is InChI=1S/C27H29N5O4/c1-19-15-22(36-29-19)17-30-11-13-31(14-12-30)27(33)24-18-32(20-7-5-4-6-8-20)28-26(24)23-10-9-21(34-2)16-25(23)35-3/h4-10,15-16,18H,11-14,17H2,1-3H3. The molecule has 1 fully saturated rings. The minimum atomic E-state index is -0.0554. The predicted molar refractivity (Wildman–Crippen MR) is 135 cm³/mol. The Hall–Kier alpha value is -4.11. The van der Waals surface area contributed by atoms with Crippen LogP contribution in [0, 0.1) is 6.92 Å². The first-order chi connectivity index (χ1) is 17.6. The zero-order valence-electron chi connectivity index (χ0n) is 20.7. The summed E-state index contributed by atoms with van der Waals surface area (Å²) in [7, 11) is 3.21. The summed E-state index contributed by atoms with van der Waals surface area (Å²) in [5.41, 5.74) is 3.58. The van der Waals surface area contributed by atoms with E-state index in [0.717, 1.165) is 35.8 Å². The minimum absolute atomic E-state index is 0.0554. The maximum Gasteiger partial charge on any atom is 0.257 e. The molecule has 0 saturated carbocycles. The summed E-state index contributed by atoms with van der Waals surface area (Å²) in [6, 6.07) is 17.2. The summed E-state index contributed by atoms with van der Waals surface area (Å²) in [6.45, 7) is 5.32. The molecule has 1 aliphatic rings. The molecule has 0 aliphatic carbocycles. The predicted octanol–water partition coefficient (Wildman–Crippen LogP) is 3.81. The molecule has 36 heavy (non-hydrogen) atoms. The lowest BCUT2D eigenvalue weighted by Gasteiger charge is -2.34. The fourth-order valence-electron chi connectivity index (χ4n) is 4.43. The molecule has 4 aromatic rings. The van der Waals surface area contributed by atoms with Gasteiger partial charge in [0, 0.05) is 50.1 Å². The molecule has 0 atom stereocenters. The van der Waals surface area contributed by atoms with Gasteiger partial charge in [-0.2, -0.15) is 5.10 Å². The molecule has 0 spiro atoms. The quantitative estimate of drug-likeness (QED) is 0.392. The highest BCUT2D eigenvalue weighted by molar-refractivity contribution is 6.00. The van der Waals surface area contributed by atoms with Crippen LogP contribution in [0.2, 0.25) is 0 Å². The smallest absolute Gasteiger partial charge is 0.257 e. The molecule has 2 aromatic carbocycles. The second-order valence-electron chi connectivity index (χ2n) is 8.74. The normalized spacial score (nSPS) is 14.1. The fourth-order valence-corrected chi connectivity index (χ4v) is 4.43. The number of aryl methyl sites for hydroxylation is 1. The Kier molecular flexibility index (Phi) is 6.73. The number of rotatable bonds is 7. The van der Waals surface area contributed by atoms with Gasteiger partial charge in [-0.25, -0.2) is 4.68 Å². The molecule has 186 valence electrons. The number of nitrogens with zero attached hydrogens (tertiary/aromatic N) is 5. The fraction of sp³-hybridized carbons (Fsp3) is 0.296. The molecule has 2 aromatic heterocycles. The van der Waals surface area contributed by atoms with Crippen LogP contribution < -0.4 is 9.47 Å². The Morgan fingerprint density at radius 1 is 1.00 bits per heavy atom. The molecule has 0 radical (unpaired) electrons. The van der Waals surface area contributed by atoms with E-state index in [1.54, 1.807) is 31.2 Å². The highest BCUT2D eigenvalue weighted by Gasteiger charge is 2.28. The third-order valence-electron chi connectivity index (χ3n) is 6.34. The number of benzene rings is 2. The lowest BCUT2D eigenvalue weighted by Crippen LogP contribution is -2.48. The van der Waals surface area contributed by atoms with Crippen LogP contribution in [0.3, 0.4) is 0 Å². The Morgan fingerprint density at radius 2 is 1.78 bits per heavy atom. The van der Waals surface area contributed by atoms with Gasteiger partial charge in [-0.3, -0.25) is 9.69 Å². The Labute approximate surface area is 209 Å². The first kappa shape index (κ1) is 23.6. The summed E-state index contributed by atoms with van der Waals surface area (Å²) >= 11 is 0. The van der Waals surface area contributed by atoms with Gasteiger partial charge >= 0.3 is 0 Å². The molecular weight excluding hydrogens is 458 g/mol. The van der Waals surface area contributed by atoms with E-state index in [9.17, 15) is 4.79 Å². The van der Waals surface area contributed by atoms with Gasteiger partial charge in [-0.15, -0.1) is 0 Å². The highest BCUT2D eigenvalue weighted by Crippen LogP contribution is 2.35. The van der Waals surface area contributed by atoms with Crippen LogP contribution in [0.5, 0.6) is 11.5 Å². The summed E-state index contributed by atoms with van der Waals surface area (Å²) in [5, 5.41) is 8.78. The third-order valence-corrected chi connectivity index (χ3v) is 6.34. The average Bonchev–Trinajstić information content (AvgIpc) is 3.55. The molecule has 5 rings (SSSR count). The molecular formula is C27H29N5O4. The Morgan fingerprint density at radius 3 is 2.44 bits per heavy atom. The van der Waals surface area contributed by atoms with Crippen molar-refractivity contribution in [1.29, 1.82) is 0 Å². The number of amides is 1. The zero-order chi connectivity index (χ0) is 25.1. The van der Waals surface area contributed by atoms with Crippen LogP contribution in [0.25, 0.3) is 16.9 Å². The molecule has 1 aliphatic heterocycles. The molecule has 0 unspecified atom stereocenters. The molecule has 9 nitrogen and oxygen atoms in total. The second-order valence-corrected chi connectivity index (χ2v) is 8.74. The summed E-state index contributed by atoms with van der Waals surface area (Å²) in [6.07, 6.45) is 1.81. The van der Waals surface area contributed by atoms with Crippen molar-refractivity contribution >= 4 is 5.91 Å². The van der Waals surface area contributed by atoms with Crippen molar-refractivity contribution < 1.29 is 18.8 Å². The number of hydrogen-bond acceptors (Lipinski definition) is 7. The number of carbonyl (C=O) groups excluding carboxylic acids is 1. The molecule has 1 saturated heterocycles. The lowest BCUT2D eigenvalue weighted by molar-refractivity contribution is 0.0618. The van der Waals surface area contributed by atoms with Crippen LogP contribution >= 0.6 is 0 Å². The van der Waals surface area contributed by atoms with Gasteiger partial charge in [0.2, 0.25) is 0 Å². The largest absolute Gasteiger partial charge is 0.497 e. The number of ether oxygens (including phenoxy) is 2. The zero-order valence-corrected chi connectivity index (χ0v) is 20.7. The maximum atomic E-state index is 13.8. The van der Waals surface area contributed by atoms with E-state index in [0.29, 0.717) is 42.4 Å². The van der Waals surface area contributed by atoms with Crippen molar-refractivity contribution in [1.82, 2.24) is 24.7 Å². The molecule has 3 heterocycles. The van der Waals surface area contributed by atoms with Crippen molar-refractivity contribution in [3.05, 3.63) is 77.8 Å². The van der Waals surface area contributed by atoms with E-state index < -0.39 is 0 Å². The van der Waals surface area contributed by atoms with Gasteiger partial charge in [-0.1, -0.05) is 23.4 Å². The van der Waals surface area contributed by atoms with E-state index in [4.69, 9.17) is 19.1 Å². The topological polar surface area (TPSA) is 85.9 Å². The van der Waals surface area contributed by atoms with Crippen LogP contribution in [-0.4, -0.2) is 71.0 Å². The molecule has 9 heteroatoms. The van der Waals surface area contributed by atoms with Gasteiger partial charge < -0.3 is 18.9 Å². The highest BCUT2D eigenvalue weighted by atomic mass is 16.5. The minimum Gasteiger partial charge on any atom is -0.497 e. The number of piperazine rings is 1. The van der Waals surface area contributed by atoms with Crippen molar-refractivity contribution in [3.8, 4) is 28.4 Å². The maximum absolute atomic E-state index is 13.8. The average molecular weight is 488 g/mol. The van der Waals surface area contributed by atoms with E-state index in [2.05, 4.69) is 10.1 Å². The van der Waals surface area contributed by atoms with E-state index in [-0.39, 0.29) is 5.91 Å². The molecule has 0 bridgehead atoms. The molecule has 1 amide bonds. The number of aromatic nitrogens is 3. The van der Waals surface area contributed by atoms with E-state index >= 15 is 0 Å². The first-order valence-corrected chi connectivity index (χ1v) is 11.9. The second kappa shape index (κ2) is 10.2. The number of methoxy groups -OCH3 is 2. The molecule has 0 N–H and O–H groups in total. The van der Waals surface area contributed by atoms with Crippen molar-refractivity contribution in [2.24, 2.45) is 0 Å². The Balaban J connectivity index is 1.43. The van der Waals surface area contributed by atoms with Crippen LogP contribution in [0.4, 0.5) is 0 Å². The van der Waals surface area contributed by atoms with Gasteiger partial charge in [0.15, 0.2) is 5.76 Å². The van der Waals surface area contributed by atoms with Crippen molar-refractivity contribution in [2.45, 2.75) is 13.5 Å². The van der Waals surface area contributed by atoms with Crippen molar-refractivity contribution in [3.63, 3.8) is 0 Å². The van der Waals surface area contributed by atoms with Crippen LogP contribution in [-0.2, 0) is 6.54 Å². The first-order valence-electron chi connectivity index (χ1n) is 11.9. The third kappa shape index (κ3) is 4.83. The van der Waals surface area contributed by atoms with Crippen molar-refractivity contribution in [2.75, 3.05) is 40.4 Å². The summed E-state index contributed by atoms with van der Waals surface area (Å²) in [4.78, 5) is 17.9. The number of carbonyl (C=O) groups is 1. The number of hydrogen-bond donors (Lipinski definition) is 0. The lowest BCUT2D eigenvalue weighted by atomic mass is 10.1. The van der Waals surface area contributed by atoms with Gasteiger partial charge in [0.1, 0.15) is 17.2 Å². The number of para-hydroxylation sites is 1. The SMILES string of the molecule is COc1ccc(-c2nn(-c3ccccc3)cc2C(=O)N2CCN(Cc3cc(C)no3)CC2)c(OC)c1. The van der Waals surface area contributed by atoms with Crippen LogP contribution in [0.1, 0.15) is 21.8 Å². The van der Waals surface area contributed by atoms with Gasteiger partial charge in [0.05, 0.1) is 37.7 Å². The summed E-state index contributed by atoms with van der Waals surface area (Å²) in [5.74, 6) is 2.04. The van der Waals surface area contributed by atoms with Gasteiger partial charge in [-0.05, 0) is 31.2 Å². The van der Waals surface area contributed by atoms with E-state index in [1.807, 2.05) is 60.4 Å². The van der Waals surface area contributed by atoms with Gasteiger partial charge in [0.25, 0.3) is 5.91 Å².